The fourth-order valence-corrected chi connectivity index (χ4v) is 1.53. The number of hydrogen-bond donors (Lipinski definition) is 2. The summed E-state index contributed by atoms with van der Waals surface area (Å²) in [4.78, 5) is 11.8. The van der Waals surface area contributed by atoms with Gasteiger partial charge in [0.15, 0.2) is 5.82 Å². The highest BCUT2D eigenvalue weighted by Crippen LogP contribution is 2.17. The summed E-state index contributed by atoms with van der Waals surface area (Å²) in [6.07, 6.45) is 0. The number of anilines is 1. The fourth-order valence-electron chi connectivity index (χ4n) is 1.53. The first-order chi connectivity index (χ1) is 8.86. The first-order valence-corrected chi connectivity index (χ1v) is 6.17. The second-order valence-corrected chi connectivity index (χ2v) is 4.78. The van der Waals surface area contributed by atoms with Crippen molar-refractivity contribution in [3.05, 3.63) is 16.8 Å². The van der Waals surface area contributed by atoms with Crippen LogP contribution >= 0.6 is 0 Å². The third-order valence-corrected chi connectivity index (χ3v) is 2.74. The van der Waals surface area contributed by atoms with Crippen LogP contribution in [-0.2, 0) is 4.79 Å². The molecule has 1 heterocycles. The number of rotatable bonds is 4. The minimum Gasteiger partial charge on any atom is -0.356 e. The summed E-state index contributed by atoms with van der Waals surface area (Å²) in [5.74, 6) is 0.205. The summed E-state index contributed by atoms with van der Waals surface area (Å²) in [7, 11) is 0. The normalized spacial score (nSPS) is 11.8. The maximum absolute atomic E-state index is 11.8. The summed E-state index contributed by atoms with van der Waals surface area (Å²) in [6.45, 7) is 9.10. The predicted octanol–water partition coefficient (Wildman–Crippen LogP) is 1.29. The van der Waals surface area contributed by atoms with Crippen molar-refractivity contribution in [1.82, 2.24) is 15.5 Å². The van der Waals surface area contributed by atoms with E-state index in [2.05, 4.69) is 26.9 Å². The third-order valence-electron chi connectivity index (χ3n) is 2.74. The van der Waals surface area contributed by atoms with Crippen LogP contribution in [0.4, 0.5) is 5.82 Å². The zero-order chi connectivity index (χ0) is 14.6. The van der Waals surface area contributed by atoms with E-state index in [-0.39, 0.29) is 11.9 Å². The van der Waals surface area contributed by atoms with Crippen LogP contribution in [0.3, 0.4) is 0 Å². The van der Waals surface area contributed by atoms with E-state index < -0.39 is 6.04 Å². The van der Waals surface area contributed by atoms with Crippen molar-refractivity contribution in [1.29, 1.82) is 5.26 Å². The molecule has 0 saturated heterocycles. The zero-order valence-corrected chi connectivity index (χ0v) is 11.9. The molecule has 6 nitrogen and oxygen atoms in total. The molecule has 0 saturated carbocycles. The van der Waals surface area contributed by atoms with E-state index in [0.717, 1.165) is 5.56 Å². The molecule has 0 aliphatic carbocycles. The molecular weight excluding hydrogens is 242 g/mol. The molecule has 0 fully saturated rings. The Bertz CT molecular complexity index is 519. The monoisotopic (exact) mass is 261 g/mol. The maximum Gasteiger partial charge on any atom is 0.242 e. The Morgan fingerprint density at radius 2 is 1.89 bits per heavy atom. The van der Waals surface area contributed by atoms with Gasteiger partial charge in [0.05, 0.1) is 5.69 Å². The third kappa shape index (κ3) is 3.65. The SMILES string of the molecule is Cc1nnc(NC(C)C(=O)NC(C)C)c(C#N)c1C. The molecule has 0 aliphatic heterocycles. The average molecular weight is 261 g/mol. The Morgan fingerprint density at radius 3 is 2.42 bits per heavy atom. The van der Waals surface area contributed by atoms with Gasteiger partial charge in [0, 0.05) is 6.04 Å². The standard InChI is InChI=1S/C13H19N5O/c1-7(2)15-13(19)10(5)16-12-11(6-14)8(3)9(4)17-18-12/h7,10H,1-5H3,(H,15,19)(H,16,18). The van der Waals surface area contributed by atoms with E-state index in [4.69, 9.17) is 5.26 Å². The van der Waals surface area contributed by atoms with Crippen molar-refractivity contribution in [3.8, 4) is 6.07 Å². The Hall–Kier alpha value is -2.16. The lowest BCUT2D eigenvalue weighted by Gasteiger charge is -2.17. The van der Waals surface area contributed by atoms with Crippen LogP contribution in [0.1, 0.15) is 37.6 Å². The van der Waals surface area contributed by atoms with Gasteiger partial charge in [0.1, 0.15) is 17.7 Å². The number of nitriles is 1. The van der Waals surface area contributed by atoms with Crippen molar-refractivity contribution < 1.29 is 4.79 Å². The van der Waals surface area contributed by atoms with Gasteiger partial charge in [-0.25, -0.2) is 0 Å². The van der Waals surface area contributed by atoms with Gasteiger partial charge in [0.2, 0.25) is 5.91 Å². The molecule has 19 heavy (non-hydrogen) atoms. The molecule has 0 aliphatic rings. The van der Waals surface area contributed by atoms with E-state index in [0.29, 0.717) is 17.1 Å². The lowest BCUT2D eigenvalue weighted by molar-refractivity contribution is -0.122. The second kappa shape index (κ2) is 6.14. The summed E-state index contributed by atoms with van der Waals surface area (Å²) in [6, 6.07) is 1.68. The highest BCUT2D eigenvalue weighted by atomic mass is 16.2. The summed E-state index contributed by atoms with van der Waals surface area (Å²) in [5.41, 5.74) is 1.91. The van der Waals surface area contributed by atoms with E-state index in [1.54, 1.807) is 13.8 Å². The minimum absolute atomic E-state index is 0.0676. The number of carbonyl (C=O) groups excluding carboxylic acids is 1. The lowest BCUT2D eigenvalue weighted by Crippen LogP contribution is -2.41. The van der Waals surface area contributed by atoms with E-state index in [1.165, 1.54) is 0 Å². The van der Waals surface area contributed by atoms with Gasteiger partial charge in [-0.2, -0.15) is 10.4 Å². The van der Waals surface area contributed by atoms with Crippen LogP contribution in [-0.4, -0.2) is 28.2 Å². The maximum atomic E-state index is 11.8. The number of carbonyl (C=O) groups is 1. The highest BCUT2D eigenvalue weighted by molar-refractivity contribution is 5.84. The molecule has 1 rings (SSSR count). The molecule has 0 spiro atoms. The van der Waals surface area contributed by atoms with Crippen LogP contribution in [0, 0.1) is 25.2 Å². The molecule has 0 bridgehead atoms. The van der Waals surface area contributed by atoms with Crippen molar-refractivity contribution in [2.45, 2.75) is 46.7 Å². The van der Waals surface area contributed by atoms with Gasteiger partial charge in [0.25, 0.3) is 0 Å². The summed E-state index contributed by atoms with van der Waals surface area (Å²) in [5, 5.41) is 22.8. The van der Waals surface area contributed by atoms with Gasteiger partial charge in [-0.05, 0) is 40.2 Å². The van der Waals surface area contributed by atoms with Crippen molar-refractivity contribution in [2.75, 3.05) is 5.32 Å². The molecule has 1 aromatic heterocycles. The Morgan fingerprint density at radius 1 is 1.26 bits per heavy atom. The van der Waals surface area contributed by atoms with Crippen molar-refractivity contribution in [2.24, 2.45) is 0 Å². The number of amides is 1. The van der Waals surface area contributed by atoms with Crippen LogP contribution in [0.2, 0.25) is 0 Å². The first-order valence-electron chi connectivity index (χ1n) is 6.17. The number of hydrogen-bond acceptors (Lipinski definition) is 5. The van der Waals surface area contributed by atoms with Crippen molar-refractivity contribution in [3.63, 3.8) is 0 Å². The van der Waals surface area contributed by atoms with Gasteiger partial charge in [-0.3, -0.25) is 4.79 Å². The number of nitrogens with one attached hydrogen (secondary N) is 2. The quantitative estimate of drug-likeness (QED) is 0.852. The van der Waals surface area contributed by atoms with Gasteiger partial charge in [-0.1, -0.05) is 0 Å². The minimum atomic E-state index is -0.481. The number of aromatic nitrogens is 2. The summed E-state index contributed by atoms with van der Waals surface area (Å²) >= 11 is 0. The first kappa shape index (κ1) is 14.9. The van der Waals surface area contributed by atoms with E-state index >= 15 is 0 Å². The van der Waals surface area contributed by atoms with Gasteiger partial charge in [-0.15, -0.1) is 5.10 Å². The lowest BCUT2D eigenvalue weighted by atomic mass is 10.1. The largest absolute Gasteiger partial charge is 0.356 e. The Balaban J connectivity index is 2.92. The molecule has 1 aromatic rings. The average Bonchev–Trinajstić information content (AvgIpc) is 2.33. The zero-order valence-electron chi connectivity index (χ0n) is 11.9. The van der Waals surface area contributed by atoms with Crippen LogP contribution in [0.5, 0.6) is 0 Å². The topological polar surface area (TPSA) is 90.7 Å². The highest BCUT2D eigenvalue weighted by Gasteiger charge is 2.17. The molecule has 6 heteroatoms. The second-order valence-electron chi connectivity index (χ2n) is 4.78. The molecule has 0 radical (unpaired) electrons. The molecule has 1 unspecified atom stereocenters. The molecule has 2 N–H and O–H groups in total. The predicted molar refractivity (Wildman–Crippen MR) is 72.6 cm³/mol. The molecule has 1 atom stereocenters. The molecular formula is C13H19N5O. The molecule has 1 amide bonds. The van der Waals surface area contributed by atoms with Gasteiger partial charge >= 0.3 is 0 Å². The van der Waals surface area contributed by atoms with Crippen LogP contribution < -0.4 is 10.6 Å². The number of aryl methyl sites for hydroxylation is 1. The number of nitrogens with zero attached hydrogens (tertiary/aromatic N) is 3. The Labute approximate surface area is 113 Å². The molecule has 0 aromatic carbocycles. The van der Waals surface area contributed by atoms with Crippen molar-refractivity contribution >= 4 is 11.7 Å². The smallest absolute Gasteiger partial charge is 0.242 e. The van der Waals surface area contributed by atoms with E-state index in [9.17, 15) is 4.79 Å². The van der Waals surface area contributed by atoms with Crippen LogP contribution in [0.15, 0.2) is 0 Å². The summed E-state index contributed by atoms with van der Waals surface area (Å²) < 4.78 is 0. The van der Waals surface area contributed by atoms with E-state index in [1.807, 2.05) is 20.8 Å². The van der Waals surface area contributed by atoms with Gasteiger partial charge < -0.3 is 10.6 Å². The fraction of sp³-hybridized carbons (Fsp3) is 0.538. The van der Waals surface area contributed by atoms with Crippen LogP contribution in [0.25, 0.3) is 0 Å². The Kier molecular flexibility index (Phi) is 4.81. The molecule has 102 valence electrons.